The number of nitrogens with zero attached hydrogens (tertiary/aromatic N) is 2. The lowest BCUT2D eigenvalue weighted by atomic mass is 9.81. The number of hydrogen-bond donors (Lipinski definition) is 3. The number of hydrogen-bond acceptors (Lipinski definition) is 7. The Kier molecular flexibility index (Phi) is 8.78. The Labute approximate surface area is 284 Å². The van der Waals surface area contributed by atoms with Crippen LogP contribution in [0.5, 0.6) is 5.75 Å². The first-order chi connectivity index (χ1) is 23.2. The van der Waals surface area contributed by atoms with Crippen molar-refractivity contribution >= 4 is 33.7 Å². The molecule has 10 nitrogen and oxygen atoms in total. The van der Waals surface area contributed by atoms with E-state index in [0.717, 1.165) is 59.2 Å². The molecule has 48 heavy (non-hydrogen) atoms. The van der Waals surface area contributed by atoms with Crippen molar-refractivity contribution in [1.29, 1.82) is 0 Å². The van der Waals surface area contributed by atoms with Crippen LogP contribution < -0.4 is 14.8 Å². The largest absolute Gasteiger partial charge is 0.497 e. The Bertz CT molecular complexity index is 1810. The lowest BCUT2D eigenvalue weighted by Gasteiger charge is -2.26. The van der Waals surface area contributed by atoms with Crippen LogP contribution >= 0.6 is 0 Å². The molecular weight excluding hydrogens is 628 g/mol. The molecule has 256 valence electrons. The topological polar surface area (TPSA) is 122 Å². The number of carbonyl (C=O) groups is 2. The van der Waals surface area contributed by atoms with Crippen molar-refractivity contribution in [2.24, 2.45) is 5.41 Å². The fourth-order valence-electron chi connectivity index (χ4n) is 8.04. The second-order valence-electron chi connectivity index (χ2n) is 14.0. The summed E-state index contributed by atoms with van der Waals surface area (Å²) >= 11 is 0. The second-order valence-corrected chi connectivity index (χ2v) is 15.2. The van der Waals surface area contributed by atoms with Crippen LogP contribution in [0.3, 0.4) is 0 Å². The maximum atomic E-state index is 14.8. The molecule has 4 atom stereocenters. The molecular formula is C37H46N4O6S. The van der Waals surface area contributed by atoms with E-state index in [4.69, 9.17) is 9.47 Å². The van der Waals surface area contributed by atoms with E-state index >= 15 is 0 Å². The highest BCUT2D eigenvalue weighted by Gasteiger charge is 2.64. The van der Waals surface area contributed by atoms with E-state index in [-0.39, 0.29) is 35.6 Å². The quantitative estimate of drug-likeness (QED) is 0.218. The second kappa shape index (κ2) is 12.9. The number of benzene rings is 2. The highest BCUT2D eigenvalue weighted by atomic mass is 32.2. The summed E-state index contributed by atoms with van der Waals surface area (Å²) in [7, 11) is 3.27. The van der Waals surface area contributed by atoms with Crippen LogP contribution in [0.15, 0.2) is 48.5 Å². The van der Waals surface area contributed by atoms with Crippen molar-refractivity contribution in [1.82, 2.24) is 19.5 Å². The molecule has 1 aliphatic heterocycles. The maximum absolute atomic E-state index is 14.8. The van der Waals surface area contributed by atoms with Gasteiger partial charge in [-0.15, -0.1) is 0 Å². The zero-order valence-corrected chi connectivity index (χ0v) is 29.0. The molecule has 3 aromatic rings. The number of nitrogens with one attached hydrogen (secondary N) is 2. The molecule has 3 fully saturated rings. The molecule has 4 unspecified atom stereocenters. The summed E-state index contributed by atoms with van der Waals surface area (Å²) < 4.78 is 28.6. The minimum absolute atomic E-state index is 0.0102. The van der Waals surface area contributed by atoms with Crippen LogP contribution in [0.1, 0.15) is 91.6 Å². The third-order valence-electron chi connectivity index (χ3n) is 10.9. The maximum Gasteiger partial charge on any atom is 0.263 e. The summed E-state index contributed by atoms with van der Waals surface area (Å²) in [4.78, 5) is 30.0. The van der Waals surface area contributed by atoms with Crippen molar-refractivity contribution in [2.45, 2.75) is 88.8 Å². The molecule has 11 heteroatoms. The van der Waals surface area contributed by atoms with E-state index in [1.807, 2.05) is 31.2 Å². The highest BCUT2D eigenvalue weighted by Crippen LogP contribution is 2.66. The van der Waals surface area contributed by atoms with Gasteiger partial charge in [-0.1, -0.05) is 25.3 Å². The van der Waals surface area contributed by atoms with Gasteiger partial charge in [-0.2, -0.15) is 0 Å². The minimum Gasteiger partial charge on any atom is -0.497 e. The molecule has 3 saturated carbocycles. The molecule has 1 aromatic heterocycles. The molecule has 0 spiro atoms. The number of fused-ring (bicyclic) bond motifs is 7. The van der Waals surface area contributed by atoms with Gasteiger partial charge in [0.05, 0.1) is 36.3 Å². The smallest absolute Gasteiger partial charge is 0.263 e. The zero-order chi connectivity index (χ0) is 33.7. The van der Waals surface area contributed by atoms with E-state index < -0.39 is 22.3 Å². The number of ether oxygens (including phenoxy) is 2. The van der Waals surface area contributed by atoms with Gasteiger partial charge < -0.3 is 29.4 Å². The number of methoxy groups -OCH3 is 2. The van der Waals surface area contributed by atoms with Crippen LogP contribution in [0, 0.1) is 5.41 Å². The van der Waals surface area contributed by atoms with E-state index in [0.29, 0.717) is 24.4 Å². The summed E-state index contributed by atoms with van der Waals surface area (Å²) in [6, 6.07) is 12.1. The predicted octanol–water partition coefficient (Wildman–Crippen LogP) is 5.85. The lowest BCUT2D eigenvalue weighted by Crippen LogP contribution is -2.38. The number of amides is 2. The molecule has 3 N–H and O–H groups in total. The first-order valence-corrected chi connectivity index (χ1v) is 18.5. The van der Waals surface area contributed by atoms with Gasteiger partial charge in [0.15, 0.2) is 0 Å². The van der Waals surface area contributed by atoms with Gasteiger partial charge in [-0.25, -0.2) is 4.21 Å². The fourth-order valence-corrected chi connectivity index (χ4v) is 9.01. The number of aliphatic hydroxyl groups is 1. The first-order valence-electron chi connectivity index (χ1n) is 17.2. The van der Waals surface area contributed by atoms with Gasteiger partial charge in [0.1, 0.15) is 16.7 Å². The number of aliphatic hydroxyl groups excluding tert-OH is 1. The van der Waals surface area contributed by atoms with Crippen molar-refractivity contribution in [3.05, 3.63) is 65.2 Å². The number of carbonyl (C=O) groups excluding carboxylic acids is 2. The van der Waals surface area contributed by atoms with E-state index in [1.165, 1.54) is 24.8 Å². The van der Waals surface area contributed by atoms with Gasteiger partial charge in [0.25, 0.3) is 5.91 Å². The van der Waals surface area contributed by atoms with Gasteiger partial charge >= 0.3 is 0 Å². The molecule has 4 aliphatic rings. The summed E-state index contributed by atoms with van der Waals surface area (Å²) in [5.41, 5.74) is 5.22. The molecule has 0 saturated heterocycles. The Balaban J connectivity index is 1.40. The summed E-state index contributed by atoms with van der Waals surface area (Å²) in [5, 5.41) is 14.3. The molecule has 2 heterocycles. The Morgan fingerprint density at radius 2 is 1.90 bits per heavy atom. The molecule has 3 aliphatic carbocycles. The van der Waals surface area contributed by atoms with E-state index in [9.17, 15) is 18.9 Å². The molecule has 0 radical (unpaired) electrons. The molecule has 2 aromatic carbocycles. The SMILES string of the molecule is CN/C(O)=C/N(C(=O)C12CC1c1cc(OC)ccc1-c1c(C3CCCCC3)c3ccc(C(=O)NS(=O)CC(C)OC)cc3n1C2)C1CC1. The Hall–Kier alpha value is -3.83. The fraction of sp³-hybridized carbons (Fsp3) is 0.514. The third kappa shape index (κ3) is 5.78. The van der Waals surface area contributed by atoms with E-state index in [1.54, 1.807) is 32.4 Å². The van der Waals surface area contributed by atoms with Crippen LogP contribution in [0.25, 0.3) is 22.2 Å². The van der Waals surface area contributed by atoms with E-state index in [2.05, 4.69) is 26.7 Å². The Morgan fingerprint density at radius 1 is 1.12 bits per heavy atom. The van der Waals surface area contributed by atoms with Crippen molar-refractivity contribution < 1.29 is 28.4 Å². The standard InChI is InChI=1S/C37H46N4O6S/c1-22(46-3)20-48(45)39-35(43)24-10-14-28-31(16-24)41-21-37(36(44)40(25-11-12-25)19-32(42)38-2)18-30(37)29-17-26(47-4)13-15-27(29)34(41)33(28)23-8-6-5-7-9-23/h10,13-17,19,22-23,25,30,38,42H,5-9,11-12,18,20-21H2,1-4H3,(H,39,43)/b32-19-. The van der Waals surface area contributed by atoms with Crippen molar-refractivity contribution in [2.75, 3.05) is 27.0 Å². The van der Waals surface area contributed by atoms with Gasteiger partial charge in [-0.3, -0.25) is 14.3 Å². The minimum atomic E-state index is -1.60. The monoisotopic (exact) mass is 674 g/mol. The van der Waals surface area contributed by atoms with Crippen LogP contribution in [-0.2, 0) is 27.1 Å². The molecule has 2 amide bonds. The van der Waals surface area contributed by atoms with Gasteiger partial charge in [0, 0.05) is 54.7 Å². The van der Waals surface area contributed by atoms with Crippen molar-refractivity contribution in [3.63, 3.8) is 0 Å². The predicted molar refractivity (Wildman–Crippen MR) is 186 cm³/mol. The average molecular weight is 675 g/mol. The first kappa shape index (κ1) is 32.7. The normalized spacial score (nSPS) is 23.2. The van der Waals surface area contributed by atoms with Crippen LogP contribution in [0.4, 0.5) is 0 Å². The van der Waals surface area contributed by atoms with Crippen LogP contribution in [-0.4, -0.2) is 69.8 Å². The van der Waals surface area contributed by atoms with Gasteiger partial charge in [-0.05, 0) is 86.4 Å². The highest BCUT2D eigenvalue weighted by molar-refractivity contribution is 7.83. The lowest BCUT2D eigenvalue weighted by molar-refractivity contribution is -0.135. The Morgan fingerprint density at radius 3 is 2.58 bits per heavy atom. The zero-order valence-electron chi connectivity index (χ0n) is 28.2. The average Bonchev–Trinajstić information content (AvgIpc) is 4.03. The van der Waals surface area contributed by atoms with Crippen LogP contribution in [0.2, 0.25) is 0 Å². The number of rotatable bonds is 11. The summed E-state index contributed by atoms with van der Waals surface area (Å²) in [5.74, 6) is 0.845. The molecule has 0 bridgehead atoms. The number of aromatic nitrogens is 1. The summed E-state index contributed by atoms with van der Waals surface area (Å²) in [6.45, 7) is 2.26. The third-order valence-corrected chi connectivity index (χ3v) is 12.1. The van der Waals surface area contributed by atoms with Crippen molar-refractivity contribution in [3.8, 4) is 17.0 Å². The van der Waals surface area contributed by atoms with Gasteiger partial charge in [0.2, 0.25) is 11.8 Å². The summed E-state index contributed by atoms with van der Waals surface area (Å²) in [6.07, 6.45) is 9.52. The molecule has 7 rings (SSSR count).